The third-order valence-corrected chi connectivity index (χ3v) is 3.34. The molecule has 0 unspecified atom stereocenters. The molecule has 0 saturated heterocycles. The third kappa shape index (κ3) is 3.15. The number of fused-ring (bicyclic) bond motifs is 1. The second-order valence-electron chi connectivity index (χ2n) is 5.23. The molecule has 19 heavy (non-hydrogen) atoms. The van der Waals surface area contributed by atoms with Gasteiger partial charge in [-0.05, 0) is 31.2 Å². The first-order chi connectivity index (χ1) is 9.11. The number of carbonyl (C=O) groups excluding carboxylic acids is 1. The van der Waals surface area contributed by atoms with Gasteiger partial charge in [-0.15, -0.1) is 0 Å². The standard InChI is InChI=1S/C14H20N4O/c1-9(2)16-8-13(19)18-14-11(7-15)10-5-3-4-6-12(10)17-14/h9,16-17H,3-6,8H2,1-2H3,(H,18,19). The fraction of sp³-hybridized carbons (Fsp3) is 0.571. The van der Waals surface area contributed by atoms with Gasteiger partial charge in [-0.1, -0.05) is 13.8 Å². The Morgan fingerprint density at radius 1 is 1.42 bits per heavy atom. The Balaban J connectivity index is 2.10. The van der Waals surface area contributed by atoms with Crippen molar-refractivity contribution in [2.24, 2.45) is 0 Å². The van der Waals surface area contributed by atoms with Crippen molar-refractivity contribution in [3.8, 4) is 6.07 Å². The van der Waals surface area contributed by atoms with E-state index in [1.807, 2.05) is 13.8 Å². The number of nitrogens with one attached hydrogen (secondary N) is 3. The van der Waals surface area contributed by atoms with Gasteiger partial charge < -0.3 is 15.6 Å². The molecule has 0 spiro atoms. The summed E-state index contributed by atoms with van der Waals surface area (Å²) in [7, 11) is 0. The van der Waals surface area contributed by atoms with E-state index in [4.69, 9.17) is 0 Å². The molecule has 5 heteroatoms. The van der Waals surface area contributed by atoms with E-state index in [0.29, 0.717) is 11.4 Å². The first kappa shape index (κ1) is 13.6. The minimum absolute atomic E-state index is 0.121. The Labute approximate surface area is 113 Å². The number of hydrogen-bond acceptors (Lipinski definition) is 3. The van der Waals surface area contributed by atoms with Crippen molar-refractivity contribution in [1.82, 2.24) is 10.3 Å². The normalized spacial score (nSPS) is 14.0. The maximum Gasteiger partial charge on any atom is 0.239 e. The van der Waals surface area contributed by atoms with Gasteiger partial charge in [0.05, 0.1) is 12.1 Å². The number of nitrogens with zero attached hydrogens (tertiary/aromatic N) is 1. The largest absolute Gasteiger partial charge is 0.344 e. The molecule has 1 aliphatic carbocycles. The van der Waals surface area contributed by atoms with Crippen molar-refractivity contribution in [1.29, 1.82) is 5.26 Å². The quantitative estimate of drug-likeness (QED) is 0.770. The smallest absolute Gasteiger partial charge is 0.239 e. The van der Waals surface area contributed by atoms with E-state index in [1.165, 1.54) is 0 Å². The summed E-state index contributed by atoms with van der Waals surface area (Å²) >= 11 is 0. The molecule has 3 N–H and O–H groups in total. The average molecular weight is 260 g/mol. The van der Waals surface area contributed by atoms with Crippen molar-refractivity contribution in [2.75, 3.05) is 11.9 Å². The van der Waals surface area contributed by atoms with Crippen LogP contribution in [0.25, 0.3) is 0 Å². The van der Waals surface area contributed by atoms with Crippen LogP contribution in [0, 0.1) is 11.3 Å². The van der Waals surface area contributed by atoms with Crippen LogP contribution in [0.1, 0.15) is 43.5 Å². The van der Waals surface area contributed by atoms with Gasteiger partial charge in [0.2, 0.25) is 5.91 Å². The highest BCUT2D eigenvalue weighted by molar-refractivity contribution is 5.93. The number of rotatable bonds is 4. The number of aryl methyl sites for hydroxylation is 1. The van der Waals surface area contributed by atoms with Gasteiger partial charge in [-0.3, -0.25) is 4.79 Å². The third-order valence-electron chi connectivity index (χ3n) is 3.34. The van der Waals surface area contributed by atoms with Crippen LogP contribution in [0.5, 0.6) is 0 Å². The van der Waals surface area contributed by atoms with Gasteiger partial charge in [0.1, 0.15) is 11.9 Å². The maximum atomic E-state index is 11.8. The van der Waals surface area contributed by atoms with Crippen LogP contribution in [0.2, 0.25) is 0 Å². The molecule has 1 aliphatic rings. The summed E-state index contributed by atoms with van der Waals surface area (Å²) in [6, 6.07) is 2.47. The van der Waals surface area contributed by atoms with E-state index in [2.05, 4.69) is 21.7 Å². The molecule has 1 aromatic heterocycles. The SMILES string of the molecule is CC(C)NCC(=O)Nc1[nH]c2c(c1C#N)CCCC2. The van der Waals surface area contributed by atoms with Crippen molar-refractivity contribution in [3.05, 3.63) is 16.8 Å². The average Bonchev–Trinajstić information content (AvgIpc) is 2.73. The van der Waals surface area contributed by atoms with Gasteiger partial charge >= 0.3 is 0 Å². The summed E-state index contributed by atoms with van der Waals surface area (Å²) < 4.78 is 0. The number of carbonyl (C=O) groups is 1. The van der Waals surface area contributed by atoms with Crippen LogP contribution < -0.4 is 10.6 Å². The number of hydrogen-bond donors (Lipinski definition) is 3. The zero-order valence-electron chi connectivity index (χ0n) is 11.5. The number of aromatic amines is 1. The molecule has 0 bridgehead atoms. The molecule has 1 heterocycles. The van der Waals surface area contributed by atoms with Crippen LogP contribution in [-0.4, -0.2) is 23.5 Å². The Bertz CT molecular complexity index is 510. The van der Waals surface area contributed by atoms with Crippen LogP contribution in [0.15, 0.2) is 0 Å². The Morgan fingerprint density at radius 2 is 2.16 bits per heavy atom. The number of aromatic nitrogens is 1. The Morgan fingerprint density at radius 3 is 2.84 bits per heavy atom. The molecule has 0 radical (unpaired) electrons. The van der Waals surface area contributed by atoms with E-state index in [9.17, 15) is 10.1 Å². The fourth-order valence-electron chi connectivity index (χ4n) is 2.38. The monoisotopic (exact) mass is 260 g/mol. The maximum absolute atomic E-state index is 11.8. The fourth-order valence-corrected chi connectivity index (χ4v) is 2.38. The van der Waals surface area contributed by atoms with Crippen molar-refractivity contribution >= 4 is 11.7 Å². The predicted octanol–water partition coefficient (Wildman–Crippen LogP) is 1.70. The van der Waals surface area contributed by atoms with Crippen LogP contribution >= 0.6 is 0 Å². The van der Waals surface area contributed by atoms with Crippen LogP contribution in [0.4, 0.5) is 5.82 Å². The molecule has 1 aromatic rings. The zero-order valence-corrected chi connectivity index (χ0v) is 11.5. The number of anilines is 1. The summed E-state index contributed by atoms with van der Waals surface area (Å²) in [6.45, 7) is 4.23. The van der Waals surface area contributed by atoms with E-state index in [-0.39, 0.29) is 18.5 Å². The van der Waals surface area contributed by atoms with Gasteiger partial charge in [-0.25, -0.2) is 0 Å². The molecule has 102 valence electrons. The van der Waals surface area contributed by atoms with Crippen molar-refractivity contribution in [2.45, 2.75) is 45.6 Å². The molecule has 0 aliphatic heterocycles. The van der Waals surface area contributed by atoms with Crippen molar-refractivity contribution in [3.63, 3.8) is 0 Å². The lowest BCUT2D eigenvalue weighted by Gasteiger charge is -2.09. The Kier molecular flexibility index (Phi) is 4.23. The second kappa shape index (κ2) is 5.89. The lowest BCUT2D eigenvalue weighted by atomic mass is 9.95. The molecule has 0 fully saturated rings. The first-order valence-electron chi connectivity index (χ1n) is 6.79. The van der Waals surface area contributed by atoms with Crippen LogP contribution in [0.3, 0.4) is 0 Å². The highest BCUT2D eigenvalue weighted by Gasteiger charge is 2.20. The van der Waals surface area contributed by atoms with Gasteiger partial charge in [-0.2, -0.15) is 5.26 Å². The van der Waals surface area contributed by atoms with E-state index in [1.54, 1.807) is 0 Å². The van der Waals surface area contributed by atoms with Crippen LogP contribution in [-0.2, 0) is 17.6 Å². The highest BCUT2D eigenvalue weighted by atomic mass is 16.2. The number of nitriles is 1. The second-order valence-corrected chi connectivity index (χ2v) is 5.23. The van der Waals surface area contributed by atoms with E-state index in [0.717, 1.165) is 36.9 Å². The summed E-state index contributed by atoms with van der Waals surface area (Å²) in [5.41, 5.74) is 2.79. The Hall–Kier alpha value is -1.80. The molecule has 0 aromatic carbocycles. The molecule has 1 amide bonds. The predicted molar refractivity (Wildman–Crippen MR) is 73.9 cm³/mol. The lowest BCUT2D eigenvalue weighted by molar-refractivity contribution is -0.115. The minimum Gasteiger partial charge on any atom is -0.344 e. The summed E-state index contributed by atoms with van der Waals surface area (Å²) in [6.07, 6.45) is 4.14. The molecule has 5 nitrogen and oxygen atoms in total. The summed E-state index contributed by atoms with van der Waals surface area (Å²) in [5.74, 6) is 0.439. The minimum atomic E-state index is -0.121. The van der Waals surface area contributed by atoms with E-state index < -0.39 is 0 Å². The van der Waals surface area contributed by atoms with Crippen molar-refractivity contribution < 1.29 is 4.79 Å². The summed E-state index contributed by atoms with van der Waals surface area (Å²) in [4.78, 5) is 15.0. The molecular formula is C14H20N4O. The number of amides is 1. The summed E-state index contributed by atoms with van der Waals surface area (Å²) in [5, 5.41) is 15.1. The van der Waals surface area contributed by atoms with Gasteiger partial charge in [0.25, 0.3) is 0 Å². The molecule has 0 atom stereocenters. The molecule has 2 rings (SSSR count). The van der Waals surface area contributed by atoms with E-state index >= 15 is 0 Å². The van der Waals surface area contributed by atoms with Gasteiger partial charge in [0, 0.05) is 11.7 Å². The topological polar surface area (TPSA) is 80.7 Å². The first-order valence-corrected chi connectivity index (χ1v) is 6.79. The zero-order chi connectivity index (χ0) is 13.8. The molecular weight excluding hydrogens is 240 g/mol. The molecule has 0 saturated carbocycles. The van der Waals surface area contributed by atoms with Gasteiger partial charge in [0.15, 0.2) is 0 Å². The highest BCUT2D eigenvalue weighted by Crippen LogP contribution is 2.29. The lowest BCUT2D eigenvalue weighted by Crippen LogP contribution is -2.32. The number of H-pyrrole nitrogens is 1.